The molecule has 5 nitrogen and oxygen atoms in total. The molecule has 0 saturated carbocycles. The van der Waals surface area contributed by atoms with Crippen molar-refractivity contribution in [3.63, 3.8) is 0 Å². The first-order chi connectivity index (χ1) is 9.69. The molecule has 6 heteroatoms. The largest absolute Gasteiger partial charge is 0.387 e. The number of aliphatic hydroxyl groups is 1. The van der Waals surface area contributed by atoms with Crippen LogP contribution in [0.4, 0.5) is 0 Å². The third-order valence-corrected chi connectivity index (χ3v) is 3.40. The summed E-state index contributed by atoms with van der Waals surface area (Å²) >= 11 is 1.66. The van der Waals surface area contributed by atoms with Crippen molar-refractivity contribution in [2.24, 2.45) is 0 Å². The number of thioether (sulfide) groups is 1. The molecule has 1 unspecified atom stereocenters. The van der Waals surface area contributed by atoms with Crippen LogP contribution in [0.1, 0.15) is 23.4 Å². The minimum Gasteiger partial charge on any atom is -0.387 e. The predicted octanol–water partition coefficient (Wildman–Crippen LogP) is 2.10. The van der Waals surface area contributed by atoms with Gasteiger partial charge in [-0.05, 0) is 18.9 Å². The van der Waals surface area contributed by atoms with Gasteiger partial charge in [0.25, 0.3) is 0 Å². The van der Waals surface area contributed by atoms with Crippen LogP contribution in [0.25, 0.3) is 0 Å². The number of rotatable bonds is 7. The van der Waals surface area contributed by atoms with Gasteiger partial charge in [0.1, 0.15) is 0 Å². The van der Waals surface area contributed by atoms with Gasteiger partial charge in [0.05, 0.1) is 18.4 Å². The fourth-order valence-corrected chi connectivity index (χ4v) is 2.29. The Morgan fingerprint density at radius 3 is 2.80 bits per heavy atom. The first kappa shape index (κ1) is 15.0. The third kappa shape index (κ3) is 4.33. The Morgan fingerprint density at radius 2 is 2.10 bits per heavy atom. The van der Waals surface area contributed by atoms with Crippen LogP contribution in [0.3, 0.4) is 0 Å². The van der Waals surface area contributed by atoms with Crippen LogP contribution < -0.4 is 0 Å². The lowest BCUT2D eigenvalue weighted by molar-refractivity contribution is 0.118. The van der Waals surface area contributed by atoms with Gasteiger partial charge in [0.2, 0.25) is 5.89 Å². The van der Waals surface area contributed by atoms with Crippen molar-refractivity contribution in [2.45, 2.75) is 18.4 Å². The molecule has 1 atom stereocenters. The summed E-state index contributed by atoms with van der Waals surface area (Å²) in [6.07, 6.45) is 1.48. The summed E-state index contributed by atoms with van der Waals surface area (Å²) in [6.45, 7) is 1.05. The van der Waals surface area contributed by atoms with Crippen molar-refractivity contribution >= 4 is 11.8 Å². The topological polar surface area (TPSA) is 62.4 Å². The van der Waals surface area contributed by atoms with Gasteiger partial charge in [0.15, 0.2) is 5.82 Å². The molecule has 1 N–H and O–H groups in total. The molecule has 1 aromatic carbocycles. The molecule has 0 aliphatic rings. The second-order valence-electron chi connectivity index (χ2n) is 4.66. The van der Waals surface area contributed by atoms with Crippen LogP contribution in [-0.2, 0) is 12.3 Å². The van der Waals surface area contributed by atoms with E-state index in [0.717, 1.165) is 11.3 Å². The summed E-state index contributed by atoms with van der Waals surface area (Å²) < 4.78 is 5.18. The zero-order valence-electron chi connectivity index (χ0n) is 11.7. The van der Waals surface area contributed by atoms with E-state index in [9.17, 15) is 5.11 Å². The Hall–Kier alpha value is -1.37. The van der Waals surface area contributed by atoms with Crippen molar-refractivity contribution in [2.75, 3.05) is 19.8 Å². The molecule has 20 heavy (non-hydrogen) atoms. The van der Waals surface area contributed by atoms with E-state index in [-0.39, 0.29) is 0 Å². The molecular weight excluding hydrogens is 274 g/mol. The van der Waals surface area contributed by atoms with E-state index in [4.69, 9.17) is 4.52 Å². The maximum Gasteiger partial charge on any atom is 0.240 e. The molecule has 0 amide bonds. The number of aromatic nitrogens is 2. The second kappa shape index (κ2) is 7.42. The molecular formula is C14H19N3O2S. The van der Waals surface area contributed by atoms with Gasteiger partial charge in [-0.15, -0.1) is 0 Å². The van der Waals surface area contributed by atoms with Crippen molar-refractivity contribution in [3.05, 3.63) is 47.6 Å². The Kier molecular flexibility index (Phi) is 5.58. The highest BCUT2D eigenvalue weighted by molar-refractivity contribution is 7.97. The van der Waals surface area contributed by atoms with Gasteiger partial charge < -0.3 is 9.63 Å². The monoisotopic (exact) mass is 293 g/mol. The minimum atomic E-state index is -0.519. The van der Waals surface area contributed by atoms with E-state index < -0.39 is 6.10 Å². The number of likely N-dealkylation sites (N-methyl/N-ethyl adjacent to an activating group) is 1. The summed E-state index contributed by atoms with van der Waals surface area (Å²) in [5.74, 6) is 2.04. The van der Waals surface area contributed by atoms with Crippen molar-refractivity contribution < 1.29 is 9.63 Å². The molecule has 0 aliphatic carbocycles. The van der Waals surface area contributed by atoms with E-state index in [1.165, 1.54) is 0 Å². The molecule has 2 rings (SSSR count). The van der Waals surface area contributed by atoms with E-state index in [1.54, 1.807) is 11.8 Å². The average Bonchev–Trinajstić information content (AvgIpc) is 2.87. The van der Waals surface area contributed by atoms with Gasteiger partial charge in [-0.3, -0.25) is 4.90 Å². The van der Waals surface area contributed by atoms with E-state index in [0.29, 0.717) is 24.8 Å². The fourth-order valence-electron chi connectivity index (χ4n) is 1.91. The Morgan fingerprint density at radius 1 is 1.35 bits per heavy atom. The molecule has 1 aromatic heterocycles. The number of nitrogens with zero attached hydrogens (tertiary/aromatic N) is 3. The Bertz CT molecular complexity index is 518. The third-order valence-electron chi connectivity index (χ3n) is 2.86. The maximum absolute atomic E-state index is 10.1. The number of hydrogen-bond acceptors (Lipinski definition) is 6. The number of aliphatic hydroxyl groups excluding tert-OH is 1. The molecule has 0 fully saturated rings. The molecule has 0 saturated heterocycles. The first-order valence-corrected chi connectivity index (χ1v) is 7.80. The maximum atomic E-state index is 10.1. The van der Waals surface area contributed by atoms with E-state index >= 15 is 0 Å². The highest BCUT2D eigenvalue weighted by Crippen LogP contribution is 2.14. The summed E-state index contributed by atoms with van der Waals surface area (Å²) in [6, 6.07) is 9.62. The van der Waals surface area contributed by atoms with Crippen LogP contribution in [0.2, 0.25) is 0 Å². The van der Waals surface area contributed by atoms with Gasteiger partial charge in [0, 0.05) is 6.54 Å². The van der Waals surface area contributed by atoms with Gasteiger partial charge in [-0.2, -0.15) is 16.7 Å². The number of benzene rings is 1. The highest BCUT2D eigenvalue weighted by Gasteiger charge is 2.13. The Labute approximate surface area is 123 Å². The zero-order valence-corrected chi connectivity index (χ0v) is 12.5. The minimum absolute atomic E-state index is 0.518. The lowest BCUT2D eigenvalue weighted by Gasteiger charge is -2.19. The summed E-state index contributed by atoms with van der Waals surface area (Å²) in [4.78, 5) is 6.26. The van der Waals surface area contributed by atoms with E-state index in [1.807, 2.05) is 48.5 Å². The fraction of sp³-hybridized carbons (Fsp3) is 0.429. The summed E-state index contributed by atoms with van der Waals surface area (Å²) in [7, 11) is 1.92. The first-order valence-electron chi connectivity index (χ1n) is 6.41. The molecule has 108 valence electrons. The normalized spacial score (nSPS) is 12.8. The molecule has 0 bridgehead atoms. The Balaban J connectivity index is 1.86. The predicted molar refractivity (Wildman–Crippen MR) is 79.3 cm³/mol. The van der Waals surface area contributed by atoms with Gasteiger partial charge in [-0.25, -0.2) is 0 Å². The summed E-state index contributed by atoms with van der Waals surface area (Å²) in [5, 5.41) is 14.0. The SMILES string of the molecule is CSCc1noc(CN(C)CC(O)c2ccccc2)n1. The van der Waals surface area contributed by atoms with Gasteiger partial charge in [-0.1, -0.05) is 35.5 Å². The van der Waals surface area contributed by atoms with Crippen molar-refractivity contribution in [3.8, 4) is 0 Å². The molecule has 1 heterocycles. The smallest absolute Gasteiger partial charge is 0.240 e. The average molecular weight is 293 g/mol. The number of hydrogen-bond donors (Lipinski definition) is 1. The molecule has 2 aromatic rings. The van der Waals surface area contributed by atoms with Crippen molar-refractivity contribution in [1.29, 1.82) is 0 Å². The van der Waals surface area contributed by atoms with Crippen LogP contribution in [0.15, 0.2) is 34.9 Å². The van der Waals surface area contributed by atoms with Crippen molar-refractivity contribution in [1.82, 2.24) is 15.0 Å². The van der Waals surface area contributed by atoms with Crippen LogP contribution in [-0.4, -0.2) is 40.0 Å². The standard InChI is InChI=1S/C14H19N3O2S/c1-17(8-12(18)11-6-4-3-5-7-11)9-14-15-13(10-20-2)16-19-14/h3-7,12,18H,8-10H2,1-2H3. The lowest BCUT2D eigenvalue weighted by atomic mass is 10.1. The quantitative estimate of drug-likeness (QED) is 0.843. The molecule has 0 spiro atoms. The van der Waals surface area contributed by atoms with Gasteiger partial charge >= 0.3 is 0 Å². The highest BCUT2D eigenvalue weighted by atomic mass is 32.2. The zero-order chi connectivity index (χ0) is 14.4. The van der Waals surface area contributed by atoms with Crippen LogP contribution in [0.5, 0.6) is 0 Å². The second-order valence-corrected chi connectivity index (χ2v) is 5.53. The summed E-state index contributed by atoms with van der Waals surface area (Å²) in [5.41, 5.74) is 0.910. The lowest BCUT2D eigenvalue weighted by Crippen LogP contribution is -2.24. The van der Waals surface area contributed by atoms with Crippen LogP contribution in [0, 0.1) is 0 Å². The molecule has 0 aliphatic heterocycles. The molecule has 0 radical (unpaired) electrons. The van der Waals surface area contributed by atoms with Crippen LogP contribution >= 0.6 is 11.8 Å². The van der Waals surface area contributed by atoms with E-state index in [2.05, 4.69) is 10.1 Å².